The van der Waals surface area contributed by atoms with E-state index < -0.39 is 15.9 Å². The molecule has 0 bridgehead atoms. The summed E-state index contributed by atoms with van der Waals surface area (Å²) in [5.74, 6) is 0.300. The number of hydrogen-bond donors (Lipinski definition) is 2. The number of methoxy groups -OCH3 is 1. The third kappa shape index (κ3) is 2.88. The van der Waals surface area contributed by atoms with Crippen molar-refractivity contribution in [2.75, 3.05) is 7.11 Å². The molecule has 7 nitrogen and oxygen atoms in total. The summed E-state index contributed by atoms with van der Waals surface area (Å²) in [6.45, 7) is 0. The van der Waals surface area contributed by atoms with Crippen LogP contribution in [0.2, 0.25) is 0 Å². The van der Waals surface area contributed by atoms with Crippen LogP contribution in [0.15, 0.2) is 57.8 Å². The molecule has 0 saturated heterocycles. The van der Waals surface area contributed by atoms with Crippen LogP contribution in [-0.4, -0.2) is 27.3 Å². The number of benzene rings is 2. The standard InChI is InChI=1S/C15H13N3O4S/c1-22-11-8-6-10(7-9-11)15(19)17-16-14-12-4-2-3-5-13(12)23(20,21)18-14/h2-9H,1H3,(H,16,18)(H,17,19). The maximum Gasteiger partial charge on any atom is 0.285 e. The Labute approximate surface area is 133 Å². The monoisotopic (exact) mass is 331 g/mol. The van der Waals surface area contributed by atoms with Crippen LogP contribution < -0.4 is 15.6 Å². The van der Waals surface area contributed by atoms with Gasteiger partial charge in [0, 0.05) is 11.1 Å². The number of hydrazine groups is 1. The third-order valence-corrected chi connectivity index (χ3v) is 4.61. The van der Waals surface area contributed by atoms with Gasteiger partial charge in [-0.05, 0) is 36.4 Å². The lowest BCUT2D eigenvalue weighted by Crippen LogP contribution is -2.41. The Morgan fingerprint density at radius 2 is 1.78 bits per heavy atom. The van der Waals surface area contributed by atoms with Gasteiger partial charge in [0.05, 0.1) is 7.11 Å². The summed E-state index contributed by atoms with van der Waals surface area (Å²) in [5, 5.41) is 0. The van der Waals surface area contributed by atoms with E-state index in [9.17, 15) is 13.2 Å². The van der Waals surface area contributed by atoms with Crippen LogP contribution in [0.25, 0.3) is 0 Å². The number of sulfonamides is 1. The first-order valence-electron chi connectivity index (χ1n) is 6.66. The summed E-state index contributed by atoms with van der Waals surface area (Å²) in [6, 6.07) is 12.9. The number of nitrogens with zero attached hydrogens (tertiary/aromatic N) is 1. The highest BCUT2D eigenvalue weighted by atomic mass is 32.2. The number of amides is 1. The average Bonchev–Trinajstić information content (AvgIpc) is 2.84. The van der Waals surface area contributed by atoms with E-state index in [-0.39, 0.29) is 10.7 Å². The minimum absolute atomic E-state index is 0.0856. The number of fused-ring (bicyclic) bond motifs is 1. The third-order valence-electron chi connectivity index (χ3n) is 3.28. The van der Waals surface area contributed by atoms with Crippen molar-refractivity contribution in [1.29, 1.82) is 0 Å². The second kappa shape index (κ2) is 5.73. The predicted molar refractivity (Wildman–Crippen MR) is 83.8 cm³/mol. The molecule has 2 N–H and O–H groups in total. The van der Waals surface area contributed by atoms with Gasteiger partial charge < -0.3 is 4.74 Å². The van der Waals surface area contributed by atoms with E-state index >= 15 is 0 Å². The molecule has 0 aliphatic carbocycles. The molecule has 1 heterocycles. The molecule has 1 amide bonds. The molecule has 23 heavy (non-hydrogen) atoms. The first kappa shape index (κ1) is 15.0. The van der Waals surface area contributed by atoms with Gasteiger partial charge in [0.25, 0.3) is 15.9 Å². The van der Waals surface area contributed by atoms with E-state index in [4.69, 9.17) is 4.74 Å². The minimum Gasteiger partial charge on any atom is -0.497 e. The molecule has 8 heteroatoms. The fourth-order valence-electron chi connectivity index (χ4n) is 2.13. The Morgan fingerprint density at radius 3 is 2.48 bits per heavy atom. The summed E-state index contributed by atoms with van der Waals surface area (Å²) >= 11 is 0. The molecule has 0 fully saturated rings. The van der Waals surface area contributed by atoms with Crippen LogP contribution in [-0.2, 0) is 10.0 Å². The van der Waals surface area contributed by atoms with Crippen LogP contribution >= 0.6 is 0 Å². The van der Waals surface area contributed by atoms with Crippen LogP contribution in [0.5, 0.6) is 5.75 Å². The van der Waals surface area contributed by atoms with Crippen LogP contribution in [0.1, 0.15) is 15.9 Å². The highest BCUT2D eigenvalue weighted by Crippen LogP contribution is 2.24. The zero-order chi connectivity index (χ0) is 16.4. The SMILES string of the molecule is COc1ccc(C(=O)NNC2=NS(=O)(=O)c3ccccc32)cc1. The number of amidine groups is 1. The van der Waals surface area contributed by atoms with Gasteiger partial charge in [-0.2, -0.15) is 8.42 Å². The van der Waals surface area contributed by atoms with E-state index in [2.05, 4.69) is 15.2 Å². The molecule has 118 valence electrons. The predicted octanol–water partition coefficient (Wildman–Crippen LogP) is 1.08. The second-order valence-electron chi connectivity index (χ2n) is 4.72. The van der Waals surface area contributed by atoms with Gasteiger partial charge in [-0.3, -0.25) is 15.6 Å². The lowest BCUT2D eigenvalue weighted by atomic mass is 10.2. The Balaban J connectivity index is 1.75. The highest BCUT2D eigenvalue weighted by Gasteiger charge is 2.28. The first-order chi connectivity index (χ1) is 11.0. The van der Waals surface area contributed by atoms with Crippen molar-refractivity contribution >= 4 is 21.8 Å². The Hall–Kier alpha value is -2.87. The molecule has 0 atom stereocenters. The summed E-state index contributed by atoms with van der Waals surface area (Å²) in [7, 11) is -2.18. The molecule has 0 aromatic heterocycles. The molecule has 0 saturated carbocycles. The topological polar surface area (TPSA) is 96.9 Å². The first-order valence-corrected chi connectivity index (χ1v) is 8.10. The van der Waals surface area contributed by atoms with Crippen molar-refractivity contribution in [3.63, 3.8) is 0 Å². The normalized spacial score (nSPS) is 14.6. The summed E-state index contributed by atoms with van der Waals surface area (Å²) in [5.41, 5.74) is 5.81. The van der Waals surface area contributed by atoms with Crippen molar-refractivity contribution < 1.29 is 17.9 Å². The number of rotatable bonds is 2. The Bertz CT molecular complexity index is 889. The van der Waals surface area contributed by atoms with Crippen molar-refractivity contribution in [2.24, 2.45) is 4.40 Å². The molecule has 0 radical (unpaired) electrons. The lowest BCUT2D eigenvalue weighted by Gasteiger charge is -2.08. The fourth-order valence-corrected chi connectivity index (χ4v) is 3.30. The quantitative estimate of drug-likeness (QED) is 0.803. The largest absolute Gasteiger partial charge is 0.497 e. The van der Waals surface area contributed by atoms with E-state index in [0.717, 1.165) is 0 Å². The van der Waals surface area contributed by atoms with Crippen molar-refractivity contribution in [3.8, 4) is 5.75 Å². The number of ether oxygens (including phenoxy) is 1. The molecular formula is C15H13N3O4S. The zero-order valence-electron chi connectivity index (χ0n) is 12.1. The lowest BCUT2D eigenvalue weighted by molar-refractivity contribution is 0.0944. The van der Waals surface area contributed by atoms with Gasteiger partial charge in [-0.1, -0.05) is 12.1 Å². The number of nitrogens with one attached hydrogen (secondary N) is 2. The van der Waals surface area contributed by atoms with Gasteiger partial charge in [-0.25, -0.2) is 0 Å². The minimum atomic E-state index is -3.72. The number of hydrogen-bond acceptors (Lipinski definition) is 5. The van der Waals surface area contributed by atoms with Crippen molar-refractivity contribution in [3.05, 3.63) is 59.7 Å². The van der Waals surface area contributed by atoms with Crippen LogP contribution in [0, 0.1) is 0 Å². The van der Waals surface area contributed by atoms with Crippen molar-refractivity contribution in [2.45, 2.75) is 4.90 Å². The van der Waals surface area contributed by atoms with Crippen LogP contribution in [0.3, 0.4) is 0 Å². The van der Waals surface area contributed by atoms with Gasteiger partial charge in [0.15, 0.2) is 5.84 Å². The summed E-state index contributed by atoms with van der Waals surface area (Å²) in [4.78, 5) is 12.2. The maximum atomic E-state index is 12.1. The molecule has 3 rings (SSSR count). The number of carbonyl (C=O) groups is 1. The Kier molecular flexibility index (Phi) is 3.75. The van der Waals surface area contributed by atoms with Gasteiger partial charge in [0.2, 0.25) is 0 Å². The van der Waals surface area contributed by atoms with E-state index in [0.29, 0.717) is 16.9 Å². The molecule has 2 aromatic carbocycles. The second-order valence-corrected chi connectivity index (χ2v) is 6.29. The summed E-state index contributed by atoms with van der Waals surface area (Å²) < 4.78 is 32.4. The van der Waals surface area contributed by atoms with E-state index in [1.54, 1.807) is 42.5 Å². The Morgan fingerprint density at radius 1 is 1.09 bits per heavy atom. The van der Waals surface area contributed by atoms with Gasteiger partial charge in [0.1, 0.15) is 10.6 Å². The molecular weight excluding hydrogens is 318 g/mol. The molecule has 2 aromatic rings. The van der Waals surface area contributed by atoms with Gasteiger partial charge in [-0.15, -0.1) is 4.40 Å². The molecule has 1 aliphatic rings. The molecule has 1 aliphatic heterocycles. The highest BCUT2D eigenvalue weighted by molar-refractivity contribution is 7.90. The maximum absolute atomic E-state index is 12.1. The van der Waals surface area contributed by atoms with Crippen LogP contribution in [0.4, 0.5) is 0 Å². The van der Waals surface area contributed by atoms with E-state index in [1.165, 1.54) is 13.2 Å². The molecule has 0 spiro atoms. The average molecular weight is 331 g/mol. The van der Waals surface area contributed by atoms with E-state index in [1.807, 2.05) is 0 Å². The smallest absolute Gasteiger partial charge is 0.285 e. The summed E-state index contributed by atoms with van der Waals surface area (Å²) in [6.07, 6.45) is 0. The molecule has 0 unspecified atom stereocenters. The number of carbonyl (C=O) groups excluding carboxylic acids is 1. The zero-order valence-corrected chi connectivity index (χ0v) is 12.9. The van der Waals surface area contributed by atoms with Gasteiger partial charge >= 0.3 is 0 Å². The van der Waals surface area contributed by atoms with Crippen molar-refractivity contribution in [1.82, 2.24) is 10.9 Å². The fraction of sp³-hybridized carbons (Fsp3) is 0.0667.